The molecule has 0 heterocycles. The van der Waals surface area contributed by atoms with Crippen molar-refractivity contribution >= 4 is 11.6 Å². The highest BCUT2D eigenvalue weighted by atomic mass is 16.5. The van der Waals surface area contributed by atoms with Crippen LogP contribution in [0.1, 0.15) is 60.0 Å². The van der Waals surface area contributed by atoms with Gasteiger partial charge in [0.05, 0.1) is 7.11 Å². The molecule has 0 saturated heterocycles. The van der Waals surface area contributed by atoms with E-state index in [0.29, 0.717) is 11.0 Å². The Morgan fingerprint density at radius 2 is 1.36 bits per heavy atom. The van der Waals surface area contributed by atoms with Gasteiger partial charge in [-0.25, -0.2) is 0 Å². The van der Waals surface area contributed by atoms with Crippen molar-refractivity contribution in [3.05, 3.63) is 95.6 Å². The van der Waals surface area contributed by atoms with E-state index in [4.69, 9.17) is 4.74 Å². The molecule has 4 aliphatic carbocycles. The fraction of sp³-hybridized carbons (Fsp3) is 0.367. The predicted octanol–water partition coefficient (Wildman–Crippen LogP) is 6.74. The molecule has 3 nitrogen and oxygen atoms in total. The summed E-state index contributed by atoms with van der Waals surface area (Å²) in [4.78, 5) is 12.8. The second-order valence-corrected chi connectivity index (χ2v) is 10.6. The zero-order chi connectivity index (χ0) is 22.5. The molecule has 0 radical (unpaired) electrons. The van der Waals surface area contributed by atoms with Gasteiger partial charge in [-0.1, -0.05) is 42.5 Å². The van der Waals surface area contributed by atoms with E-state index in [-0.39, 0.29) is 11.3 Å². The summed E-state index contributed by atoms with van der Waals surface area (Å²) in [5.41, 5.74) is 5.03. The smallest absolute Gasteiger partial charge is 0.255 e. The summed E-state index contributed by atoms with van der Waals surface area (Å²) in [6, 6.07) is 27.2. The lowest BCUT2D eigenvalue weighted by atomic mass is 9.42. The first-order chi connectivity index (χ1) is 16.1. The highest BCUT2D eigenvalue weighted by Gasteiger charge is 2.58. The van der Waals surface area contributed by atoms with E-state index in [0.717, 1.165) is 23.3 Å². The third-order valence-electron chi connectivity index (χ3n) is 8.55. The molecule has 4 fully saturated rings. The SMILES string of the molecule is COc1ccc(NC(=O)c2ccc(C34C[C@@H]5C[C@@H](CC(c6ccccc6)(C5)C3)C4)cc2)cc1. The molecule has 0 aromatic heterocycles. The lowest BCUT2D eigenvalue weighted by Crippen LogP contribution is -2.55. The number of anilines is 1. The van der Waals surface area contributed by atoms with Crippen LogP contribution in [0.15, 0.2) is 78.9 Å². The van der Waals surface area contributed by atoms with Crippen LogP contribution in [0.5, 0.6) is 5.75 Å². The van der Waals surface area contributed by atoms with Crippen molar-refractivity contribution in [1.29, 1.82) is 0 Å². The maximum absolute atomic E-state index is 12.8. The van der Waals surface area contributed by atoms with Gasteiger partial charge in [0, 0.05) is 11.3 Å². The van der Waals surface area contributed by atoms with Crippen LogP contribution < -0.4 is 10.1 Å². The van der Waals surface area contributed by atoms with Crippen LogP contribution in [0.25, 0.3) is 0 Å². The van der Waals surface area contributed by atoms with Crippen LogP contribution in [-0.2, 0) is 10.8 Å². The molecule has 33 heavy (non-hydrogen) atoms. The highest BCUT2D eigenvalue weighted by Crippen LogP contribution is 2.66. The zero-order valence-corrected chi connectivity index (χ0v) is 19.2. The van der Waals surface area contributed by atoms with E-state index < -0.39 is 0 Å². The quantitative estimate of drug-likeness (QED) is 0.480. The summed E-state index contributed by atoms with van der Waals surface area (Å²) in [6.45, 7) is 0. The molecule has 4 atom stereocenters. The fourth-order valence-corrected chi connectivity index (χ4v) is 7.58. The van der Waals surface area contributed by atoms with Gasteiger partial charge in [-0.2, -0.15) is 0 Å². The Bertz CT molecular complexity index is 1140. The van der Waals surface area contributed by atoms with Crippen LogP contribution in [0.2, 0.25) is 0 Å². The molecule has 4 saturated carbocycles. The predicted molar refractivity (Wildman–Crippen MR) is 132 cm³/mol. The van der Waals surface area contributed by atoms with Crippen LogP contribution in [0.3, 0.4) is 0 Å². The van der Waals surface area contributed by atoms with E-state index in [1.165, 1.54) is 44.1 Å². The zero-order valence-electron chi connectivity index (χ0n) is 19.2. The van der Waals surface area contributed by atoms with Gasteiger partial charge in [0.15, 0.2) is 0 Å². The summed E-state index contributed by atoms with van der Waals surface area (Å²) in [5, 5.41) is 3.00. The minimum Gasteiger partial charge on any atom is -0.497 e. The van der Waals surface area contributed by atoms with Gasteiger partial charge in [0.1, 0.15) is 5.75 Å². The fourth-order valence-electron chi connectivity index (χ4n) is 7.58. The summed E-state index contributed by atoms with van der Waals surface area (Å²) in [6.07, 6.45) is 7.94. The lowest BCUT2D eigenvalue weighted by Gasteiger charge is -2.62. The molecule has 7 rings (SSSR count). The molecule has 1 N–H and O–H groups in total. The number of amides is 1. The standard InChI is InChI=1S/C30H31NO2/c1-33-27-13-11-26(12-14-27)31-28(32)23-7-9-25(10-8-23)30-18-21-15-22(19-30)17-29(16-21,20-30)24-5-3-2-4-6-24/h2-14,21-22H,15-20H2,1H3,(H,31,32)/t21-,22+,29?,30?. The molecular weight excluding hydrogens is 406 g/mol. The highest BCUT2D eigenvalue weighted by molar-refractivity contribution is 6.04. The average molecular weight is 438 g/mol. The first-order valence-corrected chi connectivity index (χ1v) is 12.2. The molecule has 3 heteroatoms. The largest absolute Gasteiger partial charge is 0.497 e. The second-order valence-electron chi connectivity index (χ2n) is 10.6. The van der Waals surface area contributed by atoms with Gasteiger partial charge in [-0.05, 0) is 109 Å². The van der Waals surface area contributed by atoms with Gasteiger partial charge in [0.25, 0.3) is 5.91 Å². The summed E-state index contributed by atoms with van der Waals surface area (Å²) in [7, 11) is 1.64. The molecule has 4 aliphatic rings. The molecule has 0 spiro atoms. The molecule has 2 unspecified atom stereocenters. The first-order valence-electron chi connectivity index (χ1n) is 12.2. The van der Waals surface area contributed by atoms with Crippen molar-refractivity contribution in [3.63, 3.8) is 0 Å². The Morgan fingerprint density at radius 1 is 0.788 bits per heavy atom. The minimum atomic E-state index is -0.0713. The Balaban J connectivity index is 1.25. The normalized spacial score (nSPS) is 29.6. The van der Waals surface area contributed by atoms with E-state index >= 15 is 0 Å². The van der Waals surface area contributed by atoms with E-state index in [1.54, 1.807) is 12.7 Å². The molecule has 0 aliphatic heterocycles. The average Bonchev–Trinajstić information content (AvgIpc) is 2.84. The summed E-state index contributed by atoms with van der Waals surface area (Å²) < 4.78 is 5.20. The van der Waals surface area contributed by atoms with Crippen molar-refractivity contribution in [2.75, 3.05) is 12.4 Å². The van der Waals surface area contributed by atoms with Crippen LogP contribution in [-0.4, -0.2) is 13.0 Å². The molecule has 4 bridgehead atoms. The van der Waals surface area contributed by atoms with Crippen LogP contribution >= 0.6 is 0 Å². The number of hydrogen-bond acceptors (Lipinski definition) is 2. The van der Waals surface area contributed by atoms with Crippen molar-refractivity contribution in [2.45, 2.75) is 49.4 Å². The number of benzene rings is 3. The van der Waals surface area contributed by atoms with E-state index in [1.807, 2.05) is 36.4 Å². The van der Waals surface area contributed by atoms with Gasteiger partial charge in [-0.15, -0.1) is 0 Å². The maximum atomic E-state index is 12.8. The number of ether oxygens (including phenoxy) is 1. The number of carbonyl (C=O) groups is 1. The van der Waals surface area contributed by atoms with Gasteiger partial charge >= 0.3 is 0 Å². The number of carbonyl (C=O) groups excluding carboxylic acids is 1. The van der Waals surface area contributed by atoms with Gasteiger partial charge in [0.2, 0.25) is 0 Å². The third kappa shape index (κ3) is 3.55. The number of methoxy groups -OCH3 is 1. The minimum absolute atomic E-state index is 0.0713. The number of rotatable bonds is 5. The third-order valence-corrected chi connectivity index (χ3v) is 8.55. The van der Waals surface area contributed by atoms with Crippen molar-refractivity contribution in [3.8, 4) is 5.75 Å². The van der Waals surface area contributed by atoms with Crippen molar-refractivity contribution in [1.82, 2.24) is 0 Å². The van der Waals surface area contributed by atoms with Crippen molar-refractivity contribution in [2.24, 2.45) is 11.8 Å². The Morgan fingerprint density at radius 3 is 1.94 bits per heavy atom. The Hall–Kier alpha value is -3.07. The Kier molecular flexibility index (Phi) is 4.83. The summed E-state index contributed by atoms with van der Waals surface area (Å²) in [5.74, 6) is 2.35. The monoisotopic (exact) mass is 437 g/mol. The number of nitrogens with one attached hydrogen (secondary N) is 1. The van der Waals surface area contributed by atoms with Gasteiger partial charge < -0.3 is 10.1 Å². The molecule has 3 aromatic rings. The first kappa shape index (κ1) is 20.5. The second kappa shape index (κ2) is 7.76. The number of hydrogen-bond donors (Lipinski definition) is 1. The van der Waals surface area contributed by atoms with Crippen molar-refractivity contribution < 1.29 is 9.53 Å². The topological polar surface area (TPSA) is 38.3 Å². The van der Waals surface area contributed by atoms with E-state index in [2.05, 4.69) is 47.8 Å². The van der Waals surface area contributed by atoms with Crippen LogP contribution in [0, 0.1) is 11.8 Å². The summed E-state index contributed by atoms with van der Waals surface area (Å²) >= 11 is 0. The van der Waals surface area contributed by atoms with Crippen LogP contribution in [0.4, 0.5) is 5.69 Å². The molecular formula is C30H31NO2. The maximum Gasteiger partial charge on any atom is 0.255 e. The van der Waals surface area contributed by atoms with Gasteiger partial charge in [-0.3, -0.25) is 4.79 Å². The molecule has 1 amide bonds. The molecule has 3 aromatic carbocycles. The lowest BCUT2D eigenvalue weighted by molar-refractivity contribution is -0.0281. The molecule has 168 valence electrons. The van der Waals surface area contributed by atoms with E-state index in [9.17, 15) is 4.79 Å². The Labute approximate surface area is 196 Å².